The summed E-state index contributed by atoms with van der Waals surface area (Å²) in [4.78, 5) is 12.4. The van der Waals surface area contributed by atoms with E-state index in [1.807, 2.05) is 35.7 Å². The standard InChI is InChI=1S/C17H14BrClO3S2/c1-21-15-8-10(17-23-6-7-24-17)2-5-14(15)22-16(20)12-9-11(18)3-4-13(12)19/h2-5,8-9,17H,6-7H2,1H3. The van der Waals surface area contributed by atoms with Crippen LogP contribution < -0.4 is 9.47 Å². The number of esters is 1. The van der Waals surface area contributed by atoms with Crippen LogP contribution in [0, 0.1) is 0 Å². The van der Waals surface area contributed by atoms with Crippen LogP contribution >= 0.6 is 51.1 Å². The number of methoxy groups -OCH3 is 1. The molecule has 1 fully saturated rings. The zero-order valence-electron chi connectivity index (χ0n) is 12.8. The van der Waals surface area contributed by atoms with Crippen molar-refractivity contribution in [3.8, 4) is 11.5 Å². The van der Waals surface area contributed by atoms with E-state index in [2.05, 4.69) is 15.9 Å². The van der Waals surface area contributed by atoms with Gasteiger partial charge in [-0.25, -0.2) is 4.79 Å². The van der Waals surface area contributed by atoms with Crippen LogP contribution in [0.5, 0.6) is 11.5 Å². The molecule has 0 bridgehead atoms. The van der Waals surface area contributed by atoms with E-state index in [1.54, 1.807) is 31.4 Å². The van der Waals surface area contributed by atoms with Crippen LogP contribution in [0.2, 0.25) is 5.02 Å². The molecule has 0 atom stereocenters. The lowest BCUT2D eigenvalue weighted by atomic mass is 10.2. The van der Waals surface area contributed by atoms with Crippen molar-refractivity contribution in [1.82, 2.24) is 0 Å². The fraction of sp³-hybridized carbons (Fsp3) is 0.235. The van der Waals surface area contributed by atoms with Gasteiger partial charge in [0.25, 0.3) is 0 Å². The molecular formula is C17H14BrClO3S2. The van der Waals surface area contributed by atoms with Gasteiger partial charge in [-0.15, -0.1) is 23.5 Å². The Kier molecular flexibility index (Phi) is 6.02. The third-order valence-corrected chi connectivity index (χ3v) is 7.36. The average molecular weight is 446 g/mol. The van der Waals surface area contributed by atoms with Gasteiger partial charge in [0, 0.05) is 16.0 Å². The first-order valence-corrected chi connectivity index (χ1v) is 10.4. The molecule has 3 rings (SSSR count). The summed E-state index contributed by atoms with van der Waals surface area (Å²) >= 11 is 13.2. The number of rotatable bonds is 4. The predicted molar refractivity (Wildman–Crippen MR) is 105 cm³/mol. The fourth-order valence-corrected chi connectivity index (χ4v) is 5.67. The van der Waals surface area contributed by atoms with Crippen LogP contribution in [-0.2, 0) is 0 Å². The zero-order valence-corrected chi connectivity index (χ0v) is 16.7. The summed E-state index contributed by atoms with van der Waals surface area (Å²) in [6.07, 6.45) is 0. The van der Waals surface area contributed by atoms with Crippen molar-refractivity contribution in [2.45, 2.75) is 4.58 Å². The molecule has 24 heavy (non-hydrogen) atoms. The molecule has 0 spiro atoms. The second-order valence-electron chi connectivity index (χ2n) is 5.00. The number of thioether (sulfide) groups is 2. The van der Waals surface area contributed by atoms with Gasteiger partial charge in [-0.1, -0.05) is 33.6 Å². The number of halogens is 2. The predicted octanol–water partition coefficient (Wildman–Crippen LogP) is 5.81. The molecule has 1 saturated heterocycles. The van der Waals surface area contributed by atoms with Crippen LogP contribution in [0.25, 0.3) is 0 Å². The van der Waals surface area contributed by atoms with E-state index in [1.165, 1.54) is 5.56 Å². The first kappa shape index (κ1) is 18.0. The molecule has 0 saturated carbocycles. The monoisotopic (exact) mass is 444 g/mol. The normalized spacial score (nSPS) is 14.6. The van der Waals surface area contributed by atoms with Crippen molar-refractivity contribution in [2.75, 3.05) is 18.6 Å². The quantitative estimate of drug-likeness (QED) is 0.438. The minimum absolute atomic E-state index is 0.305. The lowest BCUT2D eigenvalue weighted by Gasteiger charge is -2.14. The molecule has 126 valence electrons. The summed E-state index contributed by atoms with van der Waals surface area (Å²) in [7, 11) is 1.57. The highest BCUT2D eigenvalue weighted by Gasteiger charge is 2.21. The van der Waals surface area contributed by atoms with Gasteiger partial charge in [0.05, 0.1) is 22.3 Å². The Labute approximate surface area is 162 Å². The Balaban J connectivity index is 1.83. The molecule has 1 heterocycles. The van der Waals surface area contributed by atoms with Gasteiger partial charge < -0.3 is 9.47 Å². The van der Waals surface area contributed by atoms with Gasteiger partial charge in [0.15, 0.2) is 11.5 Å². The van der Waals surface area contributed by atoms with E-state index in [9.17, 15) is 4.79 Å². The minimum Gasteiger partial charge on any atom is -0.493 e. The average Bonchev–Trinajstić information content (AvgIpc) is 3.12. The van der Waals surface area contributed by atoms with Crippen molar-refractivity contribution >= 4 is 57.0 Å². The molecule has 1 aliphatic rings. The van der Waals surface area contributed by atoms with E-state index in [4.69, 9.17) is 21.1 Å². The van der Waals surface area contributed by atoms with E-state index in [0.29, 0.717) is 26.7 Å². The second-order valence-corrected chi connectivity index (χ2v) is 9.04. The Morgan fingerprint density at radius 1 is 1.17 bits per heavy atom. The first-order valence-electron chi connectivity index (χ1n) is 7.17. The van der Waals surface area contributed by atoms with Crippen LogP contribution in [0.1, 0.15) is 20.5 Å². The lowest BCUT2D eigenvalue weighted by molar-refractivity contribution is 0.0730. The molecule has 0 aromatic heterocycles. The summed E-state index contributed by atoms with van der Waals surface area (Å²) in [5, 5.41) is 0.345. The van der Waals surface area contributed by atoms with Crippen LogP contribution in [0.4, 0.5) is 0 Å². The smallest absolute Gasteiger partial charge is 0.345 e. The second kappa shape index (κ2) is 8.04. The minimum atomic E-state index is -0.517. The molecule has 0 unspecified atom stereocenters. The Hall–Kier alpha value is -0.820. The summed E-state index contributed by atoms with van der Waals surface area (Å²) in [6.45, 7) is 0. The third kappa shape index (κ3) is 4.04. The Bertz CT molecular complexity index is 763. The Morgan fingerprint density at radius 3 is 2.62 bits per heavy atom. The van der Waals surface area contributed by atoms with Gasteiger partial charge in [-0.2, -0.15) is 0 Å². The van der Waals surface area contributed by atoms with Gasteiger partial charge in [0.2, 0.25) is 0 Å². The van der Waals surface area contributed by atoms with E-state index in [-0.39, 0.29) is 0 Å². The van der Waals surface area contributed by atoms with Gasteiger partial charge in [0.1, 0.15) is 0 Å². The molecule has 3 nitrogen and oxygen atoms in total. The highest BCUT2D eigenvalue weighted by molar-refractivity contribution is 9.10. The van der Waals surface area contributed by atoms with Crippen LogP contribution in [-0.4, -0.2) is 24.6 Å². The lowest BCUT2D eigenvalue weighted by Crippen LogP contribution is -2.10. The number of hydrogen-bond donors (Lipinski definition) is 0. The van der Waals surface area contributed by atoms with E-state index >= 15 is 0 Å². The summed E-state index contributed by atoms with van der Waals surface area (Å²) in [5.41, 5.74) is 1.47. The van der Waals surface area contributed by atoms with Gasteiger partial charge >= 0.3 is 5.97 Å². The highest BCUT2D eigenvalue weighted by atomic mass is 79.9. The summed E-state index contributed by atoms with van der Waals surface area (Å²) in [5.74, 6) is 2.71. The van der Waals surface area contributed by atoms with E-state index < -0.39 is 5.97 Å². The maximum Gasteiger partial charge on any atom is 0.345 e. The molecule has 0 N–H and O–H groups in total. The number of hydrogen-bond acceptors (Lipinski definition) is 5. The van der Waals surface area contributed by atoms with Crippen molar-refractivity contribution in [1.29, 1.82) is 0 Å². The number of carbonyl (C=O) groups is 1. The van der Waals surface area contributed by atoms with Crippen LogP contribution in [0.3, 0.4) is 0 Å². The number of benzene rings is 2. The largest absolute Gasteiger partial charge is 0.493 e. The maximum absolute atomic E-state index is 12.4. The first-order chi connectivity index (χ1) is 11.6. The van der Waals surface area contributed by atoms with Crippen molar-refractivity contribution in [2.24, 2.45) is 0 Å². The van der Waals surface area contributed by atoms with Crippen molar-refractivity contribution in [3.63, 3.8) is 0 Å². The molecule has 2 aromatic carbocycles. The van der Waals surface area contributed by atoms with E-state index in [0.717, 1.165) is 16.0 Å². The topological polar surface area (TPSA) is 35.5 Å². The molecule has 2 aromatic rings. The maximum atomic E-state index is 12.4. The summed E-state index contributed by atoms with van der Waals surface area (Å²) in [6, 6.07) is 10.7. The Morgan fingerprint density at radius 2 is 1.92 bits per heavy atom. The van der Waals surface area contributed by atoms with Gasteiger partial charge in [-0.3, -0.25) is 0 Å². The van der Waals surface area contributed by atoms with Gasteiger partial charge in [-0.05, 0) is 35.9 Å². The fourth-order valence-electron chi connectivity index (χ4n) is 2.27. The molecule has 7 heteroatoms. The van der Waals surface area contributed by atoms with Crippen molar-refractivity contribution in [3.05, 3.63) is 57.0 Å². The molecular weight excluding hydrogens is 432 g/mol. The third-order valence-electron chi connectivity index (χ3n) is 3.43. The molecule has 0 radical (unpaired) electrons. The number of carbonyl (C=O) groups excluding carboxylic acids is 1. The molecule has 1 aliphatic heterocycles. The SMILES string of the molecule is COc1cc(C2SCCS2)ccc1OC(=O)c1cc(Br)ccc1Cl. The highest BCUT2D eigenvalue weighted by Crippen LogP contribution is 2.47. The summed E-state index contributed by atoms with van der Waals surface area (Å²) < 4.78 is 12.1. The molecule has 0 amide bonds. The zero-order chi connectivity index (χ0) is 17.1. The van der Waals surface area contributed by atoms with Crippen LogP contribution in [0.15, 0.2) is 40.9 Å². The number of ether oxygens (including phenoxy) is 2. The molecule has 0 aliphatic carbocycles. The van der Waals surface area contributed by atoms with Crippen molar-refractivity contribution < 1.29 is 14.3 Å².